The van der Waals surface area contributed by atoms with Crippen LogP contribution in [0.2, 0.25) is 0 Å². The Morgan fingerprint density at radius 3 is 2.81 bits per heavy atom. The number of nitrogens with zero attached hydrogens (tertiary/aromatic N) is 2. The van der Waals surface area contributed by atoms with Crippen molar-refractivity contribution in [3.8, 4) is 5.69 Å². The van der Waals surface area contributed by atoms with Gasteiger partial charge in [-0.1, -0.05) is 15.9 Å². The zero-order valence-electron chi connectivity index (χ0n) is 8.51. The molecule has 1 aromatic heterocycles. The fraction of sp³-hybridized carbons (Fsp3) is 0.0909. The van der Waals surface area contributed by atoms with Crippen LogP contribution >= 0.6 is 15.9 Å². The minimum atomic E-state index is -0.971. The fourth-order valence-corrected chi connectivity index (χ4v) is 1.92. The van der Waals surface area contributed by atoms with E-state index in [2.05, 4.69) is 21.0 Å². The van der Waals surface area contributed by atoms with Crippen LogP contribution in [0.1, 0.15) is 15.9 Å². The molecule has 0 saturated carbocycles. The number of hydrogen-bond acceptors (Lipinski definition) is 2. The Morgan fingerprint density at radius 1 is 1.50 bits per heavy atom. The molecule has 1 N–H and O–H groups in total. The van der Waals surface area contributed by atoms with Gasteiger partial charge in [0.1, 0.15) is 0 Å². The molecule has 0 saturated heterocycles. The maximum Gasteiger partial charge on any atom is 0.338 e. The summed E-state index contributed by atoms with van der Waals surface area (Å²) in [6.45, 7) is 1.95. The number of benzene rings is 1. The van der Waals surface area contributed by atoms with Crippen LogP contribution in [0.4, 0.5) is 0 Å². The van der Waals surface area contributed by atoms with Crippen molar-refractivity contribution >= 4 is 21.9 Å². The van der Waals surface area contributed by atoms with E-state index in [0.29, 0.717) is 0 Å². The molecular formula is C11H9BrN2O2. The second kappa shape index (κ2) is 4.09. The number of aryl methyl sites for hydroxylation is 1. The number of carboxylic acid groups (broad SMARTS) is 1. The average molecular weight is 281 g/mol. The summed E-state index contributed by atoms with van der Waals surface area (Å²) in [7, 11) is 0. The van der Waals surface area contributed by atoms with E-state index in [-0.39, 0.29) is 5.56 Å². The first-order chi connectivity index (χ1) is 7.58. The Balaban J connectivity index is 2.46. The molecule has 0 fully saturated rings. The van der Waals surface area contributed by atoms with Gasteiger partial charge in [0.2, 0.25) is 0 Å². The molecule has 82 valence electrons. The van der Waals surface area contributed by atoms with Gasteiger partial charge < -0.3 is 5.11 Å². The molecule has 0 atom stereocenters. The zero-order valence-corrected chi connectivity index (χ0v) is 10.1. The smallest absolute Gasteiger partial charge is 0.338 e. The lowest BCUT2D eigenvalue weighted by molar-refractivity contribution is 0.0697. The number of carboxylic acids is 1. The molecule has 5 heteroatoms. The fourth-order valence-electron chi connectivity index (χ4n) is 1.44. The molecule has 4 nitrogen and oxygen atoms in total. The topological polar surface area (TPSA) is 55.1 Å². The molecule has 2 aromatic rings. The van der Waals surface area contributed by atoms with E-state index in [1.54, 1.807) is 4.68 Å². The predicted octanol–water partition coefficient (Wildman–Crippen LogP) is 2.64. The molecule has 0 amide bonds. The van der Waals surface area contributed by atoms with Crippen LogP contribution < -0.4 is 0 Å². The highest BCUT2D eigenvalue weighted by molar-refractivity contribution is 9.10. The highest BCUT2D eigenvalue weighted by atomic mass is 79.9. The Kier molecular flexibility index (Phi) is 2.78. The van der Waals surface area contributed by atoms with Gasteiger partial charge >= 0.3 is 5.97 Å². The Morgan fingerprint density at radius 2 is 2.25 bits per heavy atom. The molecule has 0 spiro atoms. The first kappa shape index (κ1) is 10.9. The van der Waals surface area contributed by atoms with Crippen molar-refractivity contribution in [1.29, 1.82) is 0 Å². The number of halogens is 1. The standard InChI is InChI=1S/C11H9BrN2O2/c1-7-4-9(12)2-3-10(7)14-6-8(5-13-14)11(15)16/h2-6H,1H3,(H,15,16). The highest BCUT2D eigenvalue weighted by Gasteiger charge is 2.08. The molecule has 1 aromatic carbocycles. The molecule has 16 heavy (non-hydrogen) atoms. The molecule has 2 rings (SSSR count). The Bertz CT molecular complexity index is 549. The van der Waals surface area contributed by atoms with Crippen molar-refractivity contribution in [3.05, 3.63) is 46.2 Å². The highest BCUT2D eigenvalue weighted by Crippen LogP contribution is 2.19. The normalized spacial score (nSPS) is 10.4. The lowest BCUT2D eigenvalue weighted by Gasteiger charge is -2.05. The van der Waals surface area contributed by atoms with E-state index in [0.717, 1.165) is 15.7 Å². The number of aromatic nitrogens is 2. The lowest BCUT2D eigenvalue weighted by atomic mass is 10.2. The van der Waals surface area contributed by atoms with Gasteiger partial charge in [0.25, 0.3) is 0 Å². The number of rotatable bonds is 2. The van der Waals surface area contributed by atoms with E-state index < -0.39 is 5.97 Å². The van der Waals surface area contributed by atoms with Crippen LogP contribution in [0.5, 0.6) is 0 Å². The largest absolute Gasteiger partial charge is 0.478 e. The third kappa shape index (κ3) is 1.99. The summed E-state index contributed by atoms with van der Waals surface area (Å²) in [5, 5.41) is 12.8. The van der Waals surface area contributed by atoms with Gasteiger partial charge in [0.05, 0.1) is 17.4 Å². The van der Waals surface area contributed by atoms with Crippen LogP contribution in [0, 0.1) is 6.92 Å². The van der Waals surface area contributed by atoms with Crippen LogP contribution in [0.3, 0.4) is 0 Å². The van der Waals surface area contributed by atoms with E-state index in [1.165, 1.54) is 12.4 Å². The van der Waals surface area contributed by atoms with Crippen LogP contribution in [0.15, 0.2) is 35.1 Å². The number of carbonyl (C=O) groups is 1. The van der Waals surface area contributed by atoms with E-state index >= 15 is 0 Å². The van der Waals surface area contributed by atoms with Crippen LogP contribution in [-0.4, -0.2) is 20.9 Å². The first-order valence-corrected chi connectivity index (χ1v) is 5.42. The van der Waals surface area contributed by atoms with Gasteiger partial charge in [-0.05, 0) is 30.7 Å². The molecule has 0 unspecified atom stereocenters. The van der Waals surface area contributed by atoms with Crippen molar-refractivity contribution in [2.24, 2.45) is 0 Å². The van der Waals surface area contributed by atoms with E-state index in [9.17, 15) is 4.79 Å². The molecule has 0 aliphatic carbocycles. The SMILES string of the molecule is Cc1cc(Br)ccc1-n1cc(C(=O)O)cn1. The molecule has 0 aliphatic rings. The first-order valence-electron chi connectivity index (χ1n) is 4.62. The average Bonchev–Trinajstić information content (AvgIpc) is 2.66. The third-order valence-electron chi connectivity index (χ3n) is 2.24. The Hall–Kier alpha value is -1.62. The van der Waals surface area contributed by atoms with Crippen molar-refractivity contribution in [2.45, 2.75) is 6.92 Å². The van der Waals surface area contributed by atoms with Crippen molar-refractivity contribution in [2.75, 3.05) is 0 Å². The molecule has 1 heterocycles. The summed E-state index contributed by atoms with van der Waals surface area (Å²) in [6.07, 6.45) is 2.84. The minimum absolute atomic E-state index is 0.183. The third-order valence-corrected chi connectivity index (χ3v) is 2.73. The maximum atomic E-state index is 10.7. The maximum absolute atomic E-state index is 10.7. The van der Waals surface area contributed by atoms with Crippen molar-refractivity contribution in [1.82, 2.24) is 9.78 Å². The van der Waals surface area contributed by atoms with E-state index in [4.69, 9.17) is 5.11 Å². The monoisotopic (exact) mass is 280 g/mol. The summed E-state index contributed by atoms with van der Waals surface area (Å²) in [5.41, 5.74) is 2.08. The lowest BCUT2D eigenvalue weighted by Crippen LogP contribution is -1.98. The molecule has 0 bridgehead atoms. The van der Waals surface area contributed by atoms with Gasteiger partial charge in [-0.15, -0.1) is 0 Å². The van der Waals surface area contributed by atoms with Gasteiger partial charge in [0.15, 0.2) is 0 Å². The van der Waals surface area contributed by atoms with Crippen LogP contribution in [-0.2, 0) is 0 Å². The molecule has 0 aliphatic heterocycles. The summed E-state index contributed by atoms with van der Waals surface area (Å²) >= 11 is 3.37. The quantitative estimate of drug-likeness (QED) is 0.920. The van der Waals surface area contributed by atoms with Crippen LogP contribution in [0.25, 0.3) is 5.69 Å². The minimum Gasteiger partial charge on any atom is -0.478 e. The van der Waals surface area contributed by atoms with E-state index in [1.807, 2.05) is 25.1 Å². The second-order valence-electron chi connectivity index (χ2n) is 3.41. The number of hydrogen-bond donors (Lipinski definition) is 1. The number of aromatic carboxylic acids is 1. The summed E-state index contributed by atoms with van der Waals surface area (Å²) in [6, 6.07) is 5.74. The summed E-state index contributed by atoms with van der Waals surface area (Å²) in [5.74, 6) is -0.971. The molecule has 0 radical (unpaired) electrons. The summed E-state index contributed by atoms with van der Waals surface area (Å²) in [4.78, 5) is 10.7. The van der Waals surface area contributed by atoms with Gasteiger partial charge in [-0.25, -0.2) is 9.48 Å². The van der Waals surface area contributed by atoms with Crippen molar-refractivity contribution < 1.29 is 9.90 Å². The Labute approximate surface area is 101 Å². The second-order valence-corrected chi connectivity index (χ2v) is 4.33. The van der Waals surface area contributed by atoms with Gasteiger partial charge in [-0.3, -0.25) is 0 Å². The van der Waals surface area contributed by atoms with Crippen molar-refractivity contribution in [3.63, 3.8) is 0 Å². The van der Waals surface area contributed by atoms with Gasteiger partial charge in [0, 0.05) is 10.7 Å². The predicted molar refractivity (Wildman–Crippen MR) is 63.0 cm³/mol. The molecular weight excluding hydrogens is 272 g/mol. The van der Waals surface area contributed by atoms with Gasteiger partial charge in [-0.2, -0.15) is 5.10 Å². The zero-order chi connectivity index (χ0) is 11.7. The summed E-state index contributed by atoms with van der Waals surface area (Å²) < 4.78 is 2.55.